The van der Waals surface area contributed by atoms with Crippen LogP contribution in [0.1, 0.15) is 67.2 Å². The molecule has 2 N–H and O–H groups in total. The van der Waals surface area contributed by atoms with Crippen molar-refractivity contribution in [2.24, 2.45) is 22.7 Å². The van der Waals surface area contributed by atoms with Gasteiger partial charge in [0.05, 0.1) is 0 Å². The van der Waals surface area contributed by atoms with Crippen LogP contribution in [0.3, 0.4) is 0 Å². The van der Waals surface area contributed by atoms with Crippen LogP contribution in [0.2, 0.25) is 0 Å². The number of hydrogen-bond acceptors (Lipinski definition) is 2. The molecule has 0 aliphatic heterocycles. The van der Waals surface area contributed by atoms with E-state index < -0.39 is 17.4 Å². The van der Waals surface area contributed by atoms with Gasteiger partial charge in [-0.05, 0) is 42.4 Å². The summed E-state index contributed by atoms with van der Waals surface area (Å²) in [6.07, 6.45) is 3.83. The highest BCUT2D eigenvalue weighted by atomic mass is 16.4. The highest BCUT2D eigenvalue weighted by molar-refractivity contribution is 5.85. The van der Waals surface area contributed by atoms with Crippen LogP contribution in [-0.2, 0) is 9.59 Å². The second-order valence-electron chi connectivity index (χ2n) is 8.56. The van der Waals surface area contributed by atoms with Crippen LogP contribution in [-0.4, -0.2) is 23.0 Å². The van der Waals surface area contributed by atoms with Crippen molar-refractivity contribution in [3.05, 3.63) is 0 Å². The summed E-state index contributed by atoms with van der Waals surface area (Å²) in [4.78, 5) is 23.7. The molecule has 21 heavy (non-hydrogen) atoms. The van der Waals surface area contributed by atoms with E-state index in [-0.39, 0.29) is 17.2 Å². The Bertz CT molecular complexity index is 382. The third kappa shape index (κ3) is 5.01. The lowest BCUT2D eigenvalue weighted by Crippen LogP contribution is -2.51. The predicted molar refractivity (Wildman–Crippen MR) is 83.9 cm³/mol. The molecule has 1 aliphatic carbocycles. The predicted octanol–water partition coefficient (Wildman–Crippen LogP) is 3.45. The minimum absolute atomic E-state index is 0.0344. The molecule has 1 rings (SSSR count). The first-order valence-corrected chi connectivity index (χ1v) is 7.96. The van der Waals surface area contributed by atoms with Crippen molar-refractivity contribution in [1.82, 2.24) is 5.32 Å². The summed E-state index contributed by atoms with van der Waals surface area (Å²) in [5.74, 6) is -0.434. The van der Waals surface area contributed by atoms with Gasteiger partial charge >= 0.3 is 5.97 Å². The first kappa shape index (κ1) is 18.0. The van der Waals surface area contributed by atoms with Gasteiger partial charge in [-0.3, -0.25) is 4.79 Å². The van der Waals surface area contributed by atoms with E-state index in [0.29, 0.717) is 5.92 Å². The maximum absolute atomic E-state index is 12.3. The van der Waals surface area contributed by atoms with Crippen LogP contribution < -0.4 is 5.32 Å². The molecule has 1 atom stereocenters. The number of nitrogens with one attached hydrogen (secondary N) is 1. The standard InChI is InChI=1S/C17H31NO3/c1-16(2,3)12-9-7-11(8-10-12)14(19)18-13(15(20)21)17(4,5)6/h11-13H,7-10H2,1-6H3,(H,18,19)(H,20,21). The monoisotopic (exact) mass is 297 g/mol. The summed E-state index contributed by atoms with van der Waals surface area (Å²) in [5.41, 5.74) is -0.194. The van der Waals surface area contributed by atoms with E-state index in [4.69, 9.17) is 0 Å². The summed E-state index contributed by atoms with van der Waals surface area (Å²) < 4.78 is 0. The molecule has 0 aromatic heterocycles. The molecular formula is C17H31NO3. The molecule has 1 fully saturated rings. The normalized spacial score (nSPS) is 25.2. The first-order valence-electron chi connectivity index (χ1n) is 7.96. The molecule has 1 amide bonds. The molecule has 1 saturated carbocycles. The Morgan fingerprint density at radius 2 is 1.48 bits per heavy atom. The number of hydrogen-bond donors (Lipinski definition) is 2. The van der Waals surface area contributed by atoms with Gasteiger partial charge < -0.3 is 10.4 Å². The number of carbonyl (C=O) groups excluding carboxylic acids is 1. The fourth-order valence-corrected chi connectivity index (χ4v) is 3.13. The minimum atomic E-state index is -0.959. The largest absolute Gasteiger partial charge is 0.480 e. The fraction of sp³-hybridized carbons (Fsp3) is 0.882. The molecule has 0 spiro atoms. The van der Waals surface area contributed by atoms with Crippen molar-refractivity contribution in [3.63, 3.8) is 0 Å². The third-order valence-electron chi connectivity index (χ3n) is 4.72. The molecular weight excluding hydrogens is 266 g/mol. The van der Waals surface area contributed by atoms with Crippen molar-refractivity contribution < 1.29 is 14.7 Å². The lowest BCUT2D eigenvalue weighted by Gasteiger charge is -2.37. The summed E-state index contributed by atoms with van der Waals surface area (Å²) >= 11 is 0. The van der Waals surface area contributed by atoms with Gasteiger partial charge in [0.2, 0.25) is 5.91 Å². The van der Waals surface area contributed by atoms with Crippen LogP contribution >= 0.6 is 0 Å². The lowest BCUT2D eigenvalue weighted by molar-refractivity contribution is -0.145. The first-order chi connectivity index (χ1) is 9.43. The van der Waals surface area contributed by atoms with Crippen molar-refractivity contribution >= 4 is 11.9 Å². The second kappa shape index (κ2) is 6.37. The van der Waals surface area contributed by atoms with Crippen LogP contribution in [0.4, 0.5) is 0 Å². The number of carboxylic acid groups (broad SMARTS) is 1. The maximum Gasteiger partial charge on any atom is 0.326 e. The smallest absolute Gasteiger partial charge is 0.326 e. The quantitative estimate of drug-likeness (QED) is 0.838. The summed E-state index contributed by atoms with van der Waals surface area (Å²) in [6, 6.07) is -0.828. The highest BCUT2D eigenvalue weighted by Crippen LogP contribution is 2.39. The van der Waals surface area contributed by atoms with E-state index in [9.17, 15) is 14.7 Å². The van der Waals surface area contributed by atoms with E-state index in [1.165, 1.54) is 0 Å². The number of carboxylic acids is 1. The average molecular weight is 297 g/mol. The molecule has 4 heteroatoms. The van der Waals surface area contributed by atoms with Crippen LogP contribution in [0.5, 0.6) is 0 Å². The Kier molecular flexibility index (Phi) is 5.46. The number of aliphatic carboxylic acids is 1. The Morgan fingerprint density at radius 1 is 1.00 bits per heavy atom. The van der Waals surface area contributed by atoms with Gasteiger partial charge in [0.1, 0.15) is 6.04 Å². The zero-order chi connectivity index (χ0) is 16.4. The molecule has 1 aliphatic rings. The Morgan fingerprint density at radius 3 is 1.81 bits per heavy atom. The molecule has 0 heterocycles. The fourth-order valence-electron chi connectivity index (χ4n) is 3.13. The molecule has 1 unspecified atom stereocenters. The van der Waals surface area contributed by atoms with Crippen molar-refractivity contribution in [1.29, 1.82) is 0 Å². The molecule has 0 aromatic rings. The molecule has 0 aromatic carbocycles. The molecule has 0 bridgehead atoms. The minimum Gasteiger partial charge on any atom is -0.480 e. The van der Waals surface area contributed by atoms with Gasteiger partial charge in [0, 0.05) is 5.92 Å². The summed E-state index contributed by atoms with van der Waals surface area (Å²) in [7, 11) is 0. The highest BCUT2D eigenvalue weighted by Gasteiger charge is 2.36. The van der Waals surface area contributed by atoms with Gasteiger partial charge in [-0.15, -0.1) is 0 Å². The molecule has 122 valence electrons. The Labute approximate surface area is 128 Å². The molecule has 0 saturated heterocycles. The van der Waals surface area contributed by atoms with Crippen molar-refractivity contribution in [2.75, 3.05) is 0 Å². The van der Waals surface area contributed by atoms with E-state index in [0.717, 1.165) is 25.7 Å². The third-order valence-corrected chi connectivity index (χ3v) is 4.72. The van der Waals surface area contributed by atoms with Gasteiger partial charge in [0.25, 0.3) is 0 Å². The SMILES string of the molecule is CC(C)(C)C1CCC(C(=O)NC(C(=O)O)C(C)(C)C)CC1. The van der Waals surface area contributed by atoms with Crippen LogP contribution in [0.15, 0.2) is 0 Å². The van der Waals surface area contributed by atoms with Crippen molar-refractivity contribution in [3.8, 4) is 0 Å². The number of rotatable bonds is 3. The lowest BCUT2D eigenvalue weighted by atomic mass is 9.69. The van der Waals surface area contributed by atoms with Crippen molar-refractivity contribution in [2.45, 2.75) is 73.3 Å². The maximum atomic E-state index is 12.3. The zero-order valence-electron chi connectivity index (χ0n) is 14.3. The van der Waals surface area contributed by atoms with Crippen LogP contribution in [0, 0.1) is 22.7 Å². The second-order valence-corrected chi connectivity index (χ2v) is 8.56. The summed E-state index contributed by atoms with van der Waals surface area (Å²) in [5, 5.41) is 12.0. The van der Waals surface area contributed by atoms with Crippen LogP contribution in [0.25, 0.3) is 0 Å². The zero-order valence-corrected chi connectivity index (χ0v) is 14.3. The van der Waals surface area contributed by atoms with E-state index >= 15 is 0 Å². The number of amides is 1. The Hall–Kier alpha value is -1.06. The average Bonchev–Trinajstić information content (AvgIpc) is 2.33. The topological polar surface area (TPSA) is 66.4 Å². The molecule has 0 radical (unpaired) electrons. The van der Waals surface area contributed by atoms with Gasteiger partial charge in [-0.1, -0.05) is 41.5 Å². The number of carbonyl (C=O) groups is 2. The van der Waals surface area contributed by atoms with Gasteiger partial charge in [-0.25, -0.2) is 4.79 Å². The summed E-state index contributed by atoms with van der Waals surface area (Å²) in [6.45, 7) is 12.3. The van der Waals surface area contributed by atoms with Gasteiger partial charge in [0.15, 0.2) is 0 Å². The molecule has 4 nitrogen and oxygen atoms in total. The van der Waals surface area contributed by atoms with E-state index in [2.05, 4.69) is 26.1 Å². The van der Waals surface area contributed by atoms with E-state index in [1.807, 2.05) is 20.8 Å². The Balaban J connectivity index is 2.60. The van der Waals surface area contributed by atoms with Gasteiger partial charge in [-0.2, -0.15) is 0 Å². The van der Waals surface area contributed by atoms with E-state index in [1.54, 1.807) is 0 Å².